The SMILES string of the molecule is CC(C)N1CCCC(CN)C1c1ncc(Cl)s1. The van der Waals surface area contributed by atoms with Crippen molar-refractivity contribution >= 4 is 22.9 Å². The first-order chi connectivity index (χ1) is 8.13. The molecule has 0 saturated carbocycles. The summed E-state index contributed by atoms with van der Waals surface area (Å²) >= 11 is 7.60. The van der Waals surface area contributed by atoms with Crippen molar-refractivity contribution in [2.75, 3.05) is 13.1 Å². The molecule has 2 unspecified atom stereocenters. The van der Waals surface area contributed by atoms with E-state index in [1.54, 1.807) is 17.5 Å². The van der Waals surface area contributed by atoms with Crippen LogP contribution in [0.2, 0.25) is 4.34 Å². The average Bonchev–Trinajstić information content (AvgIpc) is 2.74. The molecule has 1 aromatic heterocycles. The lowest BCUT2D eigenvalue weighted by Gasteiger charge is -2.42. The van der Waals surface area contributed by atoms with Crippen LogP contribution >= 0.6 is 22.9 Å². The van der Waals surface area contributed by atoms with Crippen molar-refractivity contribution in [3.05, 3.63) is 15.5 Å². The number of rotatable bonds is 3. The number of aromatic nitrogens is 1. The molecule has 2 N–H and O–H groups in total. The van der Waals surface area contributed by atoms with E-state index in [1.807, 2.05) is 0 Å². The van der Waals surface area contributed by atoms with E-state index in [-0.39, 0.29) is 0 Å². The van der Waals surface area contributed by atoms with Gasteiger partial charge in [-0.15, -0.1) is 11.3 Å². The summed E-state index contributed by atoms with van der Waals surface area (Å²) in [6, 6.07) is 0.878. The number of thiazole rings is 1. The first-order valence-corrected chi connectivity index (χ1v) is 7.40. The van der Waals surface area contributed by atoms with Gasteiger partial charge in [0, 0.05) is 6.04 Å². The normalized spacial score (nSPS) is 26.6. The number of hydrogen-bond donors (Lipinski definition) is 1. The molecule has 17 heavy (non-hydrogen) atoms. The van der Waals surface area contributed by atoms with Gasteiger partial charge in [-0.05, 0) is 45.7 Å². The predicted molar refractivity (Wildman–Crippen MR) is 73.5 cm³/mol. The largest absolute Gasteiger partial charge is 0.330 e. The molecule has 0 bridgehead atoms. The van der Waals surface area contributed by atoms with E-state index in [0.29, 0.717) is 18.0 Å². The molecule has 1 saturated heterocycles. The summed E-state index contributed by atoms with van der Waals surface area (Å²) < 4.78 is 0.769. The summed E-state index contributed by atoms with van der Waals surface area (Å²) in [4.78, 5) is 6.97. The van der Waals surface area contributed by atoms with Gasteiger partial charge in [0.1, 0.15) is 9.34 Å². The highest BCUT2D eigenvalue weighted by atomic mass is 35.5. The van der Waals surface area contributed by atoms with E-state index in [4.69, 9.17) is 17.3 Å². The van der Waals surface area contributed by atoms with Gasteiger partial charge in [-0.3, -0.25) is 4.90 Å². The standard InChI is InChI=1S/C12H20ClN3S/c1-8(2)16-5-3-4-9(6-14)11(16)12-15-7-10(13)17-12/h7-9,11H,3-6,14H2,1-2H3. The van der Waals surface area contributed by atoms with Crippen LogP contribution in [0.5, 0.6) is 0 Å². The molecule has 96 valence electrons. The molecule has 5 heteroatoms. The molecule has 0 amide bonds. The Morgan fingerprint density at radius 3 is 2.94 bits per heavy atom. The summed E-state index contributed by atoms with van der Waals surface area (Å²) in [6.45, 7) is 6.34. The maximum Gasteiger partial charge on any atom is 0.113 e. The lowest BCUT2D eigenvalue weighted by Crippen LogP contribution is -2.44. The van der Waals surface area contributed by atoms with Crippen LogP contribution in [0.25, 0.3) is 0 Å². The molecule has 0 aromatic carbocycles. The molecule has 2 heterocycles. The molecule has 2 rings (SSSR count). The fourth-order valence-corrected chi connectivity index (χ4v) is 3.82. The number of hydrogen-bond acceptors (Lipinski definition) is 4. The molecule has 0 spiro atoms. The molecular formula is C12H20ClN3S. The Hall–Kier alpha value is -0.160. The number of likely N-dealkylation sites (tertiary alicyclic amines) is 1. The zero-order valence-electron chi connectivity index (χ0n) is 10.4. The van der Waals surface area contributed by atoms with Crippen LogP contribution in [0.15, 0.2) is 6.20 Å². The molecule has 1 aliphatic rings. The Morgan fingerprint density at radius 2 is 2.41 bits per heavy atom. The van der Waals surface area contributed by atoms with Gasteiger partial charge in [-0.1, -0.05) is 11.6 Å². The second-order valence-corrected chi connectivity index (χ2v) is 6.61. The third-order valence-corrected chi connectivity index (χ3v) is 4.69. The van der Waals surface area contributed by atoms with Crippen molar-refractivity contribution in [3.63, 3.8) is 0 Å². The Morgan fingerprint density at radius 1 is 1.65 bits per heavy atom. The minimum absolute atomic E-state index is 0.353. The van der Waals surface area contributed by atoms with E-state index in [0.717, 1.165) is 22.4 Å². The number of nitrogens with two attached hydrogens (primary N) is 1. The molecule has 1 aromatic rings. The molecule has 3 nitrogen and oxygen atoms in total. The first kappa shape index (κ1) is 13.3. The quantitative estimate of drug-likeness (QED) is 0.921. The Balaban J connectivity index is 2.28. The number of piperidine rings is 1. The number of halogens is 1. The topological polar surface area (TPSA) is 42.1 Å². The van der Waals surface area contributed by atoms with Gasteiger partial charge >= 0.3 is 0 Å². The van der Waals surface area contributed by atoms with Crippen molar-refractivity contribution in [1.29, 1.82) is 0 Å². The van der Waals surface area contributed by atoms with Gasteiger partial charge < -0.3 is 5.73 Å². The molecule has 2 atom stereocenters. The lowest BCUT2D eigenvalue weighted by atomic mass is 9.88. The molecule has 1 fully saturated rings. The zero-order chi connectivity index (χ0) is 12.4. The Labute approximate surface area is 112 Å². The van der Waals surface area contributed by atoms with E-state index < -0.39 is 0 Å². The highest BCUT2D eigenvalue weighted by Crippen LogP contribution is 2.39. The number of nitrogens with zero attached hydrogens (tertiary/aromatic N) is 2. The second kappa shape index (κ2) is 5.65. The third kappa shape index (κ3) is 2.81. The van der Waals surface area contributed by atoms with Crippen LogP contribution in [0.4, 0.5) is 0 Å². The van der Waals surface area contributed by atoms with E-state index in [2.05, 4.69) is 23.7 Å². The van der Waals surface area contributed by atoms with Crippen LogP contribution in [-0.2, 0) is 0 Å². The van der Waals surface area contributed by atoms with Crippen LogP contribution in [0, 0.1) is 5.92 Å². The fraction of sp³-hybridized carbons (Fsp3) is 0.750. The minimum atomic E-state index is 0.353. The summed E-state index contributed by atoms with van der Waals surface area (Å²) in [5.41, 5.74) is 5.92. The molecule has 1 aliphatic heterocycles. The van der Waals surface area contributed by atoms with Crippen LogP contribution in [0.3, 0.4) is 0 Å². The van der Waals surface area contributed by atoms with Crippen molar-refractivity contribution < 1.29 is 0 Å². The molecular weight excluding hydrogens is 254 g/mol. The maximum atomic E-state index is 6.00. The maximum absolute atomic E-state index is 6.00. The van der Waals surface area contributed by atoms with Crippen molar-refractivity contribution in [2.24, 2.45) is 11.7 Å². The minimum Gasteiger partial charge on any atom is -0.330 e. The third-order valence-electron chi connectivity index (χ3n) is 3.51. The second-order valence-electron chi connectivity index (χ2n) is 4.92. The van der Waals surface area contributed by atoms with Crippen LogP contribution in [-0.4, -0.2) is 29.0 Å². The van der Waals surface area contributed by atoms with Gasteiger partial charge in [-0.25, -0.2) is 4.98 Å². The first-order valence-electron chi connectivity index (χ1n) is 6.20. The van der Waals surface area contributed by atoms with Crippen molar-refractivity contribution in [1.82, 2.24) is 9.88 Å². The smallest absolute Gasteiger partial charge is 0.113 e. The van der Waals surface area contributed by atoms with Gasteiger partial charge in [0.05, 0.1) is 12.2 Å². The van der Waals surface area contributed by atoms with Gasteiger partial charge in [0.15, 0.2) is 0 Å². The average molecular weight is 274 g/mol. The Kier molecular flexibility index (Phi) is 4.42. The van der Waals surface area contributed by atoms with Crippen LogP contribution < -0.4 is 5.73 Å². The van der Waals surface area contributed by atoms with Crippen molar-refractivity contribution in [3.8, 4) is 0 Å². The summed E-state index contributed by atoms with van der Waals surface area (Å²) in [5, 5.41) is 1.12. The van der Waals surface area contributed by atoms with Gasteiger partial charge in [0.2, 0.25) is 0 Å². The van der Waals surface area contributed by atoms with Crippen LogP contribution in [0.1, 0.15) is 37.7 Å². The fourth-order valence-electron chi connectivity index (χ4n) is 2.68. The highest BCUT2D eigenvalue weighted by molar-refractivity contribution is 7.15. The van der Waals surface area contributed by atoms with Crippen molar-refractivity contribution in [2.45, 2.75) is 38.8 Å². The van der Waals surface area contributed by atoms with E-state index in [9.17, 15) is 0 Å². The summed E-state index contributed by atoms with van der Waals surface area (Å²) in [7, 11) is 0. The van der Waals surface area contributed by atoms with E-state index >= 15 is 0 Å². The summed E-state index contributed by atoms with van der Waals surface area (Å²) in [5.74, 6) is 0.508. The monoisotopic (exact) mass is 273 g/mol. The van der Waals surface area contributed by atoms with E-state index in [1.165, 1.54) is 12.8 Å². The van der Waals surface area contributed by atoms with Gasteiger partial charge in [0.25, 0.3) is 0 Å². The molecule has 0 aliphatic carbocycles. The predicted octanol–water partition coefficient (Wildman–Crippen LogP) is 2.92. The molecule has 0 radical (unpaired) electrons. The van der Waals surface area contributed by atoms with Gasteiger partial charge in [-0.2, -0.15) is 0 Å². The zero-order valence-corrected chi connectivity index (χ0v) is 12.0. The lowest BCUT2D eigenvalue weighted by molar-refractivity contribution is 0.0664. The highest BCUT2D eigenvalue weighted by Gasteiger charge is 2.34. The summed E-state index contributed by atoms with van der Waals surface area (Å²) in [6.07, 6.45) is 4.18. The Bertz CT molecular complexity index is 366.